The highest BCUT2D eigenvalue weighted by atomic mass is 16.6. The number of amides is 1. The number of carboxylic acids is 1. The van der Waals surface area contributed by atoms with Crippen LogP contribution in [0.4, 0.5) is 4.79 Å². The predicted molar refractivity (Wildman–Crippen MR) is 116 cm³/mol. The van der Waals surface area contributed by atoms with Gasteiger partial charge in [-0.3, -0.25) is 4.90 Å². The van der Waals surface area contributed by atoms with E-state index in [1.54, 1.807) is 0 Å². The summed E-state index contributed by atoms with van der Waals surface area (Å²) in [5.41, 5.74) is 1.63. The van der Waals surface area contributed by atoms with Gasteiger partial charge in [-0.05, 0) is 23.1 Å². The van der Waals surface area contributed by atoms with Crippen molar-refractivity contribution >= 4 is 17.6 Å². The topological polar surface area (TPSA) is 87.1 Å². The third-order valence-corrected chi connectivity index (χ3v) is 5.99. The zero-order valence-electron chi connectivity index (χ0n) is 17.1. The van der Waals surface area contributed by atoms with Crippen molar-refractivity contribution < 1.29 is 24.5 Å². The molecule has 2 aromatic rings. The van der Waals surface area contributed by atoms with Gasteiger partial charge < -0.3 is 14.9 Å². The highest BCUT2D eigenvalue weighted by molar-refractivity contribution is 5.81. The molecule has 6 nitrogen and oxygen atoms in total. The van der Waals surface area contributed by atoms with Crippen LogP contribution < -0.4 is 0 Å². The zero-order chi connectivity index (χ0) is 21.8. The lowest BCUT2D eigenvalue weighted by Crippen LogP contribution is -2.43. The van der Waals surface area contributed by atoms with Crippen molar-refractivity contribution in [2.24, 2.45) is 5.92 Å². The quantitative estimate of drug-likeness (QED) is 0.768. The van der Waals surface area contributed by atoms with Crippen molar-refractivity contribution in [2.75, 3.05) is 6.54 Å². The largest absolute Gasteiger partial charge is 0.480 e. The number of carboxylic acid groups (broad SMARTS) is 1. The molecular formula is C25H25NO5. The molecule has 1 fully saturated rings. The zero-order valence-corrected chi connectivity index (χ0v) is 17.1. The van der Waals surface area contributed by atoms with Gasteiger partial charge in [0.2, 0.25) is 0 Å². The summed E-state index contributed by atoms with van der Waals surface area (Å²) >= 11 is 0. The Kier molecular flexibility index (Phi) is 5.91. The maximum Gasteiger partial charge on any atom is 0.410 e. The van der Waals surface area contributed by atoms with Gasteiger partial charge in [0.25, 0.3) is 0 Å². The van der Waals surface area contributed by atoms with E-state index in [-0.39, 0.29) is 25.5 Å². The lowest BCUT2D eigenvalue weighted by Gasteiger charge is -2.31. The molecule has 2 N–H and O–H groups in total. The van der Waals surface area contributed by atoms with E-state index in [1.165, 1.54) is 0 Å². The van der Waals surface area contributed by atoms with Gasteiger partial charge in [-0.25, -0.2) is 9.59 Å². The van der Waals surface area contributed by atoms with E-state index in [1.807, 2.05) is 78.9 Å². The number of benzene rings is 2. The number of allylic oxidation sites excluding steroid dienone is 3. The van der Waals surface area contributed by atoms with Crippen molar-refractivity contribution in [3.05, 3.63) is 90.0 Å². The summed E-state index contributed by atoms with van der Waals surface area (Å²) in [6.45, 7) is -0.0332. The van der Waals surface area contributed by atoms with Gasteiger partial charge in [0.1, 0.15) is 12.6 Å². The van der Waals surface area contributed by atoms with Crippen LogP contribution in [0, 0.1) is 5.92 Å². The van der Waals surface area contributed by atoms with Crippen molar-refractivity contribution in [3.63, 3.8) is 0 Å². The summed E-state index contributed by atoms with van der Waals surface area (Å²) in [5.74, 6) is -1.43. The van der Waals surface area contributed by atoms with Crippen LogP contribution in [0.3, 0.4) is 0 Å². The van der Waals surface area contributed by atoms with Crippen molar-refractivity contribution in [1.82, 2.24) is 4.90 Å². The molecule has 1 aliphatic carbocycles. The summed E-state index contributed by atoms with van der Waals surface area (Å²) in [6, 6.07) is 18.0. The molecule has 0 aromatic heterocycles. The maximum absolute atomic E-state index is 12.6. The minimum atomic E-state index is -1.33. The van der Waals surface area contributed by atoms with E-state index >= 15 is 0 Å². The number of nitrogens with zero attached hydrogens (tertiary/aromatic N) is 1. The molecule has 1 aliphatic heterocycles. The van der Waals surface area contributed by atoms with Crippen molar-refractivity contribution in [2.45, 2.75) is 31.1 Å². The Hall–Kier alpha value is -3.38. The highest BCUT2D eigenvalue weighted by Gasteiger charge is 2.51. The first-order chi connectivity index (χ1) is 15.0. The van der Waals surface area contributed by atoms with Crippen LogP contribution in [0.15, 0.2) is 78.9 Å². The van der Waals surface area contributed by atoms with Crippen LogP contribution in [0.5, 0.6) is 0 Å². The third kappa shape index (κ3) is 4.54. The Morgan fingerprint density at radius 3 is 2.35 bits per heavy atom. The normalized spacial score (nSPS) is 25.2. The standard InChI is InChI=1S/C25H25NO5/c27-23(28)22-15-25(30,17-26(22)24(29)31-16-18-7-3-1-4-8-18)21-13-11-20(12-14-21)19-9-5-2-6-10-19/h1-13,21-22,30H,14-17H2,(H,27,28)/t21?,22-,25-/m0/s1. The molecule has 0 bridgehead atoms. The van der Waals surface area contributed by atoms with E-state index in [0.717, 1.165) is 21.6 Å². The number of hydrogen-bond acceptors (Lipinski definition) is 4. The van der Waals surface area contributed by atoms with Crippen LogP contribution in [0.25, 0.3) is 5.57 Å². The average molecular weight is 419 g/mol. The number of rotatable bonds is 5. The Bertz CT molecular complexity index is 1000. The Labute approximate surface area is 181 Å². The molecule has 3 atom stereocenters. The SMILES string of the molecule is O=C(O)[C@@H]1C[C@@](O)(C2C=CC(c3ccccc3)=CC2)CN1C(=O)OCc1ccccc1. The van der Waals surface area contributed by atoms with Crippen LogP contribution in [-0.2, 0) is 16.1 Å². The molecule has 4 rings (SSSR count). The van der Waals surface area contributed by atoms with Gasteiger partial charge in [0.15, 0.2) is 0 Å². The van der Waals surface area contributed by atoms with Crippen LogP contribution >= 0.6 is 0 Å². The summed E-state index contributed by atoms with van der Waals surface area (Å²) in [6.07, 6.45) is 5.72. The fourth-order valence-electron chi connectivity index (χ4n) is 4.26. The fourth-order valence-corrected chi connectivity index (χ4v) is 4.26. The molecule has 6 heteroatoms. The lowest BCUT2D eigenvalue weighted by molar-refractivity contribution is -0.142. The summed E-state index contributed by atoms with van der Waals surface area (Å²) in [7, 11) is 0. The molecule has 1 heterocycles. The van der Waals surface area contributed by atoms with Gasteiger partial charge in [0, 0.05) is 12.3 Å². The molecule has 1 amide bonds. The second-order valence-electron chi connectivity index (χ2n) is 8.06. The number of likely N-dealkylation sites (tertiary alicyclic amines) is 1. The minimum Gasteiger partial charge on any atom is -0.480 e. The summed E-state index contributed by atoms with van der Waals surface area (Å²) in [5, 5.41) is 21.0. The molecule has 0 saturated carbocycles. The molecule has 1 saturated heterocycles. The molecule has 0 spiro atoms. The number of hydrogen-bond donors (Lipinski definition) is 2. The molecule has 2 aliphatic rings. The van der Waals surface area contributed by atoms with Crippen LogP contribution in [0.1, 0.15) is 24.0 Å². The summed E-state index contributed by atoms with van der Waals surface area (Å²) in [4.78, 5) is 25.6. The van der Waals surface area contributed by atoms with E-state index in [4.69, 9.17) is 4.74 Å². The monoisotopic (exact) mass is 419 g/mol. The number of aliphatic carboxylic acids is 1. The molecular weight excluding hydrogens is 394 g/mol. The smallest absolute Gasteiger partial charge is 0.410 e. The minimum absolute atomic E-state index is 0.0354. The Morgan fingerprint density at radius 2 is 1.74 bits per heavy atom. The number of carbonyl (C=O) groups excluding carboxylic acids is 1. The van der Waals surface area contributed by atoms with Gasteiger partial charge in [-0.15, -0.1) is 0 Å². The fraction of sp³-hybridized carbons (Fsp3) is 0.280. The first kappa shape index (κ1) is 20.9. The van der Waals surface area contributed by atoms with E-state index in [0.29, 0.717) is 6.42 Å². The molecule has 31 heavy (non-hydrogen) atoms. The van der Waals surface area contributed by atoms with Crippen molar-refractivity contribution in [1.29, 1.82) is 0 Å². The third-order valence-electron chi connectivity index (χ3n) is 5.99. The lowest BCUT2D eigenvalue weighted by atomic mass is 9.79. The predicted octanol–water partition coefficient (Wildman–Crippen LogP) is 3.87. The molecule has 160 valence electrons. The summed E-state index contributed by atoms with van der Waals surface area (Å²) < 4.78 is 5.33. The Morgan fingerprint density at radius 1 is 1.06 bits per heavy atom. The molecule has 1 unspecified atom stereocenters. The number of aliphatic hydroxyl groups is 1. The van der Waals surface area contributed by atoms with E-state index in [2.05, 4.69) is 0 Å². The van der Waals surface area contributed by atoms with Crippen LogP contribution in [-0.4, -0.2) is 45.4 Å². The van der Waals surface area contributed by atoms with E-state index in [9.17, 15) is 19.8 Å². The van der Waals surface area contributed by atoms with Crippen molar-refractivity contribution in [3.8, 4) is 0 Å². The number of carbonyl (C=O) groups is 2. The number of ether oxygens (including phenoxy) is 1. The van der Waals surface area contributed by atoms with Gasteiger partial charge in [0.05, 0.1) is 12.1 Å². The first-order valence-corrected chi connectivity index (χ1v) is 10.3. The second kappa shape index (κ2) is 8.78. The number of β-amino-alcohol motifs (C(OH)–C–C–N with tert-alkyl or cyclic N) is 1. The maximum atomic E-state index is 12.6. The van der Waals surface area contributed by atoms with Gasteiger partial charge in [-0.1, -0.05) is 78.9 Å². The first-order valence-electron chi connectivity index (χ1n) is 10.3. The van der Waals surface area contributed by atoms with Crippen LogP contribution in [0.2, 0.25) is 0 Å². The molecule has 2 aromatic carbocycles. The van der Waals surface area contributed by atoms with E-state index < -0.39 is 23.7 Å². The molecule has 0 radical (unpaired) electrons. The van der Waals surface area contributed by atoms with Gasteiger partial charge >= 0.3 is 12.1 Å². The Balaban J connectivity index is 1.44. The second-order valence-corrected chi connectivity index (χ2v) is 8.06. The van der Waals surface area contributed by atoms with Gasteiger partial charge in [-0.2, -0.15) is 0 Å². The average Bonchev–Trinajstić information content (AvgIpc) is 3.18. The highest BCUT2D eigenvalue weighted by Crippen LogP contribution is 2.39.